The van der Waals surface area contributed by atoms with Gasteiger partial charge in [-0.25, -0.2) is 4.39 Å². The monoisotopic (exact) mass is 376 g/mol. The van der Waals surface area contributed by atoms with Crippen molar-refractivity contribution in [1.82, 2.24) is 19.6 Å². The van der Waals surface area contributed by atoms with Gasteiger partial charge in [0.1, 0.15) is 17.9 Å². The van der Waals surface area contributed by atoms with Gasteiger partial charge < -0.3 is 4.74 Å². The van der Waals surface area contributed by atoms with Crippen LogP contribution in [0.5, 0.6) is 5.75 Å². The van der Waals surface area contributed by atoms with Gasteiger partial charge in [-0.3, -0.25) is 9.38 Å². The Morgan fingerprint density at radius 3 is 2.68 bits per heavy atom. The fourth-order valence-corrected chi connectivity index (χ4v) is 3.54. The second kappa shape index (κ2) is 7.38. The number of rotatable bonds is 5. The average molecular weight is 376 g/mol. The number of aromatic nitrogens is 4. The highest BCUT2D eigenvalue weighted by molar-refractivity contribution is 5.78. The minimum absolute atomic E-state index is 0.207. The molecule has 1 aromatic carbocycles. The van der Waals surface area contributed by atoms with Crippen LogP contribution in [0.1, 0.15) is 22.5 Å². The van der Waals surface area contributed by atoms with Gasteiger partial charge in [0, 0.05) is 34.3 Å². The Labute approximate surface area is 162 Å². The zero-order chi connectivity index (χ0) is 19.7. The van der Waals surface area contributed by atoms with Gasteiger partial charge in [-0.05, 0) is 56.5 Å². The first kappa shape index (κ1) is 18.1. The average Bonchev–Trinajstić information content (AvgIpc) is 3.20. The molecule has 6 heteroatoms. The summed E-state index contributed by atoms with van der Waals surface area (Å²) >= 11 is 0. The minimum atomic E-state index is -0.207. The molecule has 0 amide bonds. The van der Waals surface area contributed by atoms with Crippen molar-refractivity contribution < 1.29 is 9.13 Å². The Hall–Kier alpha value is -3.28. The third kappa shape index (κ3) is 3.11. The zero-order valence-electron chi connectivity index (χ0n) is 16.1. The lowest BCUT2D eigenvalue weighted by molar-refractivity contribution is 0.403. The van der Waals surface area contributed by atoms with E-state index in [9.17, 15) is 4.39 Å². The van der Waals surface area contributed by atoms with Crippen LogP contribution in [0.2, 0.25) is 0 Å². The standard InChI is InChI=1S/C22H21FN4O/c1-14-6-11-20(28-3)19(21(14)23)10-8-16-7-9-18(22-26-25-13-27(16)22)17-5-4-12-24-15(17)2/h4-7,9,11-13H,8,10H2,1-3H3. The van der Waals surface area contributed by atoms with E-state index in [1.807, 2.05) is 41.7 Å². The number of ether oxygens (including phenoxy) is 1. The Morgan fingerprint density at radius 2 is 1.89 bits per heavy atom. The van der Waals surface area contributed by atoms with Crippen molar-refractivity contribution in [2.75, 3.05) is 7.11 Å². The van der Waals surface area contributed by atoms with Crippen molar-refractivity contribution in [3.8, 4) is 16.9 Å². The summed E-state index contributed by atoms with van der Waals surface area (Å²) < 4.78 is 21.9. The van der Waals surface area contributed by atoms with Crippen LogP contribution >= 0.6 is 0 Å². The van der Waals surface area contributed by atoms with Crippen molar-refractivity contribution in [3.63, 3.8) is 0 Å². The number of aryl methyl sites for hydroxylation is 3. The van der Waals surface area contributed by atoms with Crippen LogP contribution in [0.25, 0.3) is 16.8 Å². The molecule has 0 saturated carbocycles. The fraction of sp³-hybridized carbons (Fsp3) is 0.227. The summed E-state index contributed by atoms with van der Waals surface area (Å²) in [6, 6.07) is 11.6. The van der Waals surface area contributed by atoms with Gasteiger partial charge in [-0.2, -0.15) is 0 Å². The molecule has 5 nitrogen and oxygen atoms in total. The van der Waals surface area contributed by atoms with E-state index >= 15 is 0 Å². The Balaban J connectivity index is 1.71. The SMILES string of the molecule is COc1ccc(C)c(F)c1CCc1ccc(-c2cccnc2C)c2nncn12. The van der Waals surface area contributed by atoms with E-state index in [2.05, 4.69) is 15.2 Å². The smallest absolute Gasteiger partial charge is 0.168 e. The molecule has 0 saturated heterocycles. The van der Waals surface area contributed by atoms with Gasteiger partial charge in [-0.1, -0.05) is 12.1 Å². The van der Waals surface area contributed by atoms with Crippen molar-refractivity contribution in [3.05, 3.63) is 77.3 Å². The number of nitrogens with zero attached hydrogens (tertiary/aromatic N) is 4. The van der Waals surface area contributed by atoms with Crippen LogP contribution < -0.4 is 4.74 Å². The molecule has 0 atom stereocenters. The minimum Gasteiger partial charge on any atom is -0.496 e. The molecular weight excluding hydrogens is 355 g/mol. The van der Waals surface area contributed by atoms with Crippen LogP contribution in [0.3, 0.4) is 0 Å². The molecule has 0 bridgehead atoms. The maximum Gasteiger partial charge on any atom is 0.168 e. The molecule has 0 radical (unpaired) electrons. The molecule has 0 aliphatic rings. The summed E-state index contributed by atoms with van der Waals surface area (Å²) in [5.41, 5.74) is 5.93. The Morgan fingerprint density at radius 1 is 1.04 bits per heavy atom. The highest BCUT2D eigenvalue weighted by atomic mass is 19.1. The van der Waals surface area contributed by atoms with Crippen LogP contribution in [0, 0.1) is 19.7 Å². The number of fused-ring (bicyclic) bond motifs is 1. The molecule has 0 unspecified atom stereocenters. The summed E-state index contributed by atoms with van der Waals surface area (Å²) in [6.45, 7) is 3.74. The van der Waals surface area contributed by atoms with Crippen LogP contribution in [-0.4, -0.2) is 26.7 Å². The first-order valence-electron chi connectivity index (χ1n) is 9.15. The lowest BCUT2D eigenvalue weighted by atomic mass is 10.0. The summed E-state index contributed by atoms with van der Waals surface area (Å²) in [6.07, 6.45) is 4.63. The Bertz CT molecular complexity index is 1150. The highest BCUT2D eigenvalue weighted by Gasteiger charge is 2.15. The van der Waals surface area contributed by atoms with Gasteiger partial charge in [-0.15, -0.1) is 10.2 Å². The van der Waals surface area contributed by atoms with E-state index < -0.39 is 0 Å². The normalized spacial score (nSPS) is 11.1. The van der Waals surface area contributed by atoms with Crippen molar-refractivity contribution in [1.29, 1.82) is 0 Å². The molecule has 0 spiro atoms. The second-order valence-corrected chi connectivity index (χ2v) is 6.78. The van der Waals surface area contributed by atoms with Gasteiger partial charge >= 0.3 is 0 Å². The van der Waals surface area contributed by atoms with E-state index in [4.69, 9.17) is 4.74 Å². The predicted molar refractivity (Wildman–Crippen MR) is 106 cm³/mol. The van der Waals surface area contributed by atoms with E-state index in [1.165, 1.54) is 0 Å². The molecule has 28 heavy (non-hydrogen) atoms. The van der Waals surface area contributed by atoms with Crippen molar-refractivity contribution >= 4 is 5.65 Å². The molecular formula is C22H21FN4O. The maximum atomic E-state index is 14.6. The third-order valence-electron chi connectivity index (χ3n) is 5.08. The maximum absolute atomic E-state index is 14.6. The second-order valence-electron chi connectivity index (χ2n) is 6.78. The molecule has 0 N–H and O–H groups in total. The molecule has 4 aromatic rings. The largest absolute Gasteiger partial charge is 0.496 e. The number of hydrogen-bond acceptors (Lipinski definition) is 4. The van der Waals surface area contributed by atoms with E-state index in [0.717, 1.165) is 28.2 Å². The molecule has 4 rings (SSSR count). The van der Waals surface area contributed by atoms with Crippen molar-refractivity contribution in [2.24, 2.45) is 0 Å². The number of hydrogen-bond donors (Lipinski definition) is 0. The molecule has 0 fully saturated rings. The van der Waals surface area contributed by atoms with Gasteiger partial charge in [0.2, 0.25) is 0 Å². The zero-order valence-corrected chi connectivity index (χ0v) is 16.1. The van der Waals surface area contributed by atoms with Crippen molar-refractivity contribution in [2.45, 2.75) is 26.7 Å². The molecule has 3 heterocycles. The summed E-state index contributed by atoms with van der Waals surface area (Å²) in [7, 11) is 1.57. The summed E-state index contributed by atoms with van der Waals surface area (Å²) in [5.74, 6) is 0.368. The van der Waals surface area contributed by atoms with E-state index in [0.29, 0.717) is 29.7 Å². The lowest BCUT2D eigenvalue weighted by Gasteiger charge is -2.13. The molecule has 3 aromatic heterocycles. The summed E-state index contributed by atoms with van der Waals surface area (Å²) in [5, 5.41) is 8.40. The van der Waals surface area contributed by atoms with Gasteiger partial charge in [0.15, 0.2) is 5.65 Å². The Kier molecular flexibility index (Phi) is 4.77. The van der Waals surface area contributed by atoms with Gasteiger partial charge in [0.05, 0.1) is 7.11 Å². The number of benzene rings is 1. The van der Waals surface area contributed by atoms with Crippen LogP contribution in [-0.2, 0) is 12.8 Å². The fourth-order valence-electron chi connectivity index (χ4n) is 3.54. The topological polar surface area (TPSA) is 52.3 Å². The quantitative estimate of drug-likeness (QED) is 0.520. The highest BCUT2D eigenvalue weighted by Crippen LogP contribution is 2.28. The third-order valence-corrected chi connectivity index (χ3v) is 5.08. The number of methoxy groups -OCH3 is 1. The van der Waals surface area contributed by atoms with E-state index in [-0.39, 0.29) is 5.82 Å². The molecule has 142 valence electrons. The molecule has 0 aliphatic carbocycles. The van der Waals surface area contributed by atoms with Crippen LogP contribution in [0.15, 0.2) is 48.9 Å². The molecule has 0 aliphatic heterocycles. The number of halogens is 1. The number of pyridine rings is 2. The lowest BCUT2D eigenvalue weighted by Crippen LogP contribution is -2.04. The summed E-state index contributed by atoms with van der Waals surface area (Å²) in [4.78, 5) is 4.37. The van der Waals surface area contributed by atoms with Crippen LogP contribution in [0.4, 0.5) is 4.39 Å². The van der Waals surface area contributed by atoms with Gasteiger partial charge in [0.25, 0.3) is 0 Å². The first-order chi connectivity index (χ1) is 13.6. The first-order valence-corrected chi connectivity index (χ1v) is 9.15. The van der Waals surface area contributed by atoms with E-state index in [1.54, 1.807) is 32.6 Å². The predicted octanol–water partition coefficient (Wildman–Crippen LogP) is 4.34.